The van der Waals surface area contributed by atoms with Crippen LogP contribution in [0.4, 0.5) is 18.9 Å². The van der Waals surface area contributed by atoms with Gasteiger partial charge in [-0.25, -0.2) is 9.97 Å². The molecule has 4 N–H and O–H groups in total. The Morgan fingerprint density at radius 2 is 1.87 bits per heavy atom. The normalized spacial score (nSPS) is 11.8. The number of nitrogens with zero attached hydrogens (tertiary/aromatic N) is 2. The summed E-state index contributed by atoms with van der Waals surface area (Å²) in [4.78, 5) is 21.3. The zero-order valence-electron chi connectivity index (χ0n) is 16.4. The summed E-state index contributed by atoms with van der Waals surface area (Å²) < 4.78 is 40.1. The number of carbonyl (C=O) groups is 1. The van der Waals surface area contributed by atoms with Gasteiger partial charge >= 0.3 is 6.18 Å². The first kappa shape index (κ1) is 21.7. The van der Waals surface area contributed by atoms with Crippen LogP contribution in [0.25, 0.3) is 17.0 Å². The lowest BCUT2D eigenvalue weighted by atomic mass is 10.00. The molecule has 9 heteroatoms. The van der Waals surface area contributed by atoms with Crippen LogP contribution in [-0.2, 0) is 6.18 Å². The minimum absolute atomic E-state index is 0.0380. The van der Waals surface area contributed by atoms with Gasteiger partial charge in [-0.1, -0.05) is 30.3 Å². The largest absolute Gasteiger partial charge is 0.417 e. The first-order valence-corrected chi connectivity index (χ1v) is 9.09. The molecule has 0 atom stereocenters. The Labute approximate surface area is 176 Å². The van der Waals surface area contributed by atoms with E-state index in [-0.39, 0.29) is 16.8 Å². The number of rotatable bonds is 5. The average molecular weight is 425 g/mol. The number of benzene rings is 2. The summed E-state index contributed by atoms with van der Waals surface area (Å²) >= 11 is 0. The van der Waals surface area contributed by atoms with E-state index in [0.29, 0.717) is 17.2 Å². The number of aromatic nitrogens is 2. The van der Waals surface area contributed by atoms with E-state index in [1.165, 1.54) is 6.20 Å². The van der Waals surface area contributed by atoms with Crippen molar-refractivity contribution in [3.8, 4) is 11.3 Å². The number of aryl methyl sites for hydroxylation is 1. The minimum Gasteiger partial charge on any atom is -0.398 e. The molecule has 0 unspecified atom stereocenters. The molecule has 31 heavy (non-hydrogen) atoms. The molecule has 0 aliphatic rings. The van der Waals surface area contributed by atoms with Gasteiger partial charge in [-0.05, 0) is 31.2 Å². The molecule has 1 amide bonds. The maximum Gasteiger partial charge on any atom is 0.417 e. The highest BCUT2D eigenvalue weighted by molar-refractivity contribution is 6.06. The van der Waals surface area contributed by atoms with Crippen molar-refractivity contribution in [1.82, 2.24) is 9.97 Å². The number of hydrogen-bond acceptors (Lipinski definition) is 5. The molecule has 0 spiro atoms. The Morgan fingerprint density at radius 3 is 2.52 bits per heavy atom. The maximum absolute atomic E-state index is 13.4. The zero-order chi connectivity index (χ0) is 22.6. The van der Waals surface area contributed by atoms with Crippen LogP contribution in [0.2, 0.25) is 0 Å². The van der Waals surface area contributed by atoms with Gasteiger partial charge in [0.2, 0.25) is 0 Å². The van der Waals surface area contributed by atoms with E-state index in [2.05, 4.69) is 15.3 Å². The van der Waals surface area contributed by atoms with Crippen LogP contribution >= 0.6 is 0 Å². The number of allylic oxidation sites excluding steroid dienone is 1. The van der Waals surface area contributed by atoms with Crippen molar-refractivity contribution in [3.05, 3.63) is 83.3 Å². The highest BCUT2D eigenvalue weighted by Crippen LogP contribution is 2.34. The number of amides is 1. The molecule has 158 valence electrons. The van der Waals surface area contributed by atoms with Crippen molar-refractivity contribution in [2.24, 2.45) is 5.73 Å². The van der Waals surface area contributed by atoms with E-state index in [1.807, 2.05) is 30.3 Å². The molecule has 0 saturated heterocycles. The van der Waals surface area contributed by atoms with Crippen molar-refractivity contribution >= 4 is 23.5 Å². The second-order valence-corrected chi connectivity index (χ2v) is 6.55. The van der Waals surface area contributed by atoms with Gasteiger partial charge in [-0.3, -0.25) is 4.79 Å². The summed E-state index contributed by atoms with van der Waals surface area (Å²) in [5.41, 5.74) is 5.54. The van der Waals surface area contributed by atoms with Gasteiger partial charge in [0.05, 0.1) is 23.1 Å². The number of halogens is 3. The number of nitrogens with one attached hydrogen (secondary N) is 2. The molecular formula is C22H18F3N5O. The van der Waals surface area contributed by atoms with E-state index in [1.54, 1.807) is 6.92 Å². The first-order chi connectivity index (χ1) is 14.7. The van der Waals surface area contributed by atoms with Crippen LogP contribution in [0.3, 0.4) is 0 Å². The summed E-state index contributed by atoms with van der Waals surface area (Å²) in [5, 5.41) is 9.72. The molecule has 0 fully saturated rings. The quantitative estimate of drug-likeness (QED) is 0.517. The lowest BCUT2D eigenvalue weighted by Gasteiger charge is -2.15. The van der Waals surface area contributed by atoms with Crippen molar-refractivity contribution in [2.45, 2.75) is 13.1 Å². The average Bonchev–Trinajstić information content (AvgIpc) is 2.74. The van der Waals surface area contributed by atoms with Crippen LogP contribution < -0.4 is 11.1 Å². The Bertz CT molecular complexity index is 1160. The molecule has 3 rings (SSSR count). The van der Waals surface area contributed by atoms with E-state index < -0.39 is 17.6 Å². The SMILES string of the molecule is Cc1ncc(NC(=O)c2ccc(C(F)(F)F)c(C(N)=CC=N)c2)c(-c2ccccc2)n1. The summed E-state index contributed by atoms with van der Waals surface area (Å²) in [6.07, 6.45) is -1.43. The third-order valence-electron chi connectivity index (χ3n) is 4.37. The molecule has 0 saturated carbocycles. The zero-order valence-corrected chi connectivity index (χ0v) is 16.4. The number of carbonyl (C=O) groups excluding carboxylic acids is 1. The molecule has 1 heterocycles. The van der Waals surface area contributed by atoms with E-state index in [0.717, 1.165) is 36.1 Å². The molecule has 0 aliphatic carbocycles. The summed E-state index contributed by atoms with van der Waals surface area (Å²) in [7, 11) is 0. The van der Waals surface area contributed by atoms with Crippen molar-refractivity contribution in [3.63, 3.8) is 0 Å². The Balaban J connectivity index is 2.01. The number of anilines is 1. The molecular weight excluding hydrogens is 407 g/mol. The van der Waals surface area contributed by atoms with Crippen LogP contribution in [0.15, 0.2) is 60.8 Å². The molecule has 6 nitrogen and oxygen atoms in total. The number of alkyl halides is 3. The van der Waals surface area contributed by atoms with Crippen LogP contribution in [-0.4, -0.2) is 22.1 Å². The summed E-state index contributed by atoms with van der Waals surface area (Å²) in [5.74, 6) is -0.152. The topological polar surface area (TPSA) is 105 Å². The fraction of sp³-hybridized carbons (Fsp3) is 0.0909. The smallest absolute Gasteiger partial charge is 0.398 e. The monoisotopic (exact) mass is 425 g/mol. The van der Waals surface area contributed by atoms with Crippen molar-refractivity contribution in [2.75, 3.05) is 5.32 Å². The van der Waals surface area contributed by atoms with Crippen LogP contribution in [0, 0.1) is 12.3 Å². The molecule has 0 radical (unpaired) electrons. The van der Waals surface area contributed by atoms with Gasteiger partial charge in [0.25, 0.3) is 5.91 Å². The predicted octanol–water partition coefficient (Wildman–Crippen LogP) is 4.67. The second kappa shape index (κ2) is 8.78. The second-order valence-electron chi connectivity index (χ2n) is 6.55. The van der Waals surface area contributed by atoms with Gasteiger partial charge in [-0.15, -0.1) is 0 Å². The van der Waals surface area contributed by atoms with E-state index >= 15 is 0 Å². The van der Waals surface area contributed by atoms with Crippen molar-refractivity contribution < 1.29 is 18.0 Å². The first-order valence-electron chi connectivity index (χ1n) is 9.09. The number of nitrogens with two attached hydrogens (primary N) is 1. The molecule has 1 aromatic heterocycles. The van der Waals surface area contributed by atoms with Crippen molar-refractivity contribution in [1.29, 1.82) is 5.41 Å². The highest BCUT2D eigenvalue weighted by Gasteiger charge is 2.34. The van der Waals surface area contributed by atoms with Crippen LogP contribution in [0.1, 0.15) is 27.3 Å². The standard InChI is InChI=1S/C22H18F3N5O/c1-13-28-12-19(20(29-13)14-5-3-2-4-6-14)30-21(31)15-7-8-17(22(23,24)25)16(11-15)18(27)9-10-26/h2-12,26H,27H2,1H3,(H,30,31). The molecule has 3 aromatic rings. The van der Waals surface area contributed by atoms with Gasteiger partial charge in [0.1, 0.15) is 5.82 Å². The molecule has 2 aromatic carbocycles. The predicted molar refractivity (Wildman–Crippen MR) is 113 cm³/mol. The highest BCUT2D eigenvalue weighted by atomic mass is 19.4. The Hall–Kier alpha value is -4.01. The fourth-order valence-corrected chi connectivity index (χ4v) is 2.92. The van der Waals surface area contributed by atoms with Gasteiger partial charge in [0, 0.05) is 28.6 Å². The number of hydrogen-bond donors (Lipinski definition) is 3. The Morgan fingerprint density at radius 1 is 1.16 bits per heavy atom. The third-order valence-corrected chi connectivity index (χ3v) is 4.37. The van der Waals surface area contributed by atoms with Crippen LogP contribution in [0.5, 0.6) is 0 Å². The maximum atomic E-state index is 13.4. The van der Waals surface area contributed by atoms with E-state index in [9.17, 15) is 18.0 Å². The van der Waals surface area contributed by atoms with Gasteiger partial charge in [-0.2, -0.15) is 13.2 Å². The summed E-state index contributed by atoms with van der Waals surface area (Å²) in [6.45, 7) is 1.71. The Kier molecular flexibility index (Phi) is 6.15. The lowest BCUT2D eigenvalue weighted by molar-refractivity contribution is -0.137. The minimum atomic E-state index is -4.67. The molecule has 0 bridgehead atoms. The summed E-state index contributed by atoms with van der Waals surface area (Å²) in [6, 6.07) is 12.0. The van der Waals surface area contributed by atoms with Gasteiger partial charge in [0.15, 0.2) is 0 Å². The lowest BCUT2D eigenvalue weighted by Crippen LogP contribution is -2.17. The molecule has 0 aliphatic heterocycles. The van der Waals surface area contributed by atoms with Gasteiger partial charge < -0.3 is 16.5 Å². The van der Waals surface area contributed by atoms with E-state index in [4.69, 9.17) is 11.1 Å². The fourth-order valence-electron chi connectivity index (χ4n) is 2.92. The third kappa shape index (κ3) is 4.95.